The summed E-state index contributed by atoms with van der Waals surface area (Å²) in [5.74, 6) is 0. The van der Waals surface area contributed by atoms with Gasteiger partial charge in [-0.05, 0) is 87.0 Å². The third-order valence-electron chi connectivity index (χ3n) is 9.03. The molecule has 6 aromatic carbocycles. The molecule has 40 heavy (non-hydrogen) atoms. The first-order valence-electron chi connectivity index (χ1n) is 13.7. The van der Waals surface area contributed by atoms with E-state index in [-0.39, 0.29) is 0 Å². The number of aromatic nitrogens is 1. The van der Waals surface area contributed by atoms with Crippen LogP contribution in [0.25, 0.3) is 49.7 Å². The molecule has 1 unspecified atom stereocenters. The van der Waals surface area contributed by atoms with E-state index in [9.17, 15) is 5.26 Å². The maximum absolute atomic E-state index is 9.94. The van der Waals surface area contributed by atoms with Crippen molar-refractivity contribution in [3.63, 3.8) is 0 Å². The Labute approximate surface area is 232 Å². The molecule has 1 spiro atoms. The molecular weight excluding hydrogens is 484 g/mol. The highest BCUT2D eigenvalue weighted by Crippen LogP contribution is 2.63. The van der Waals surface area contributed by atoms with Crippen LogP contribution in [0.2, 0.25) is 0 Å². The molecule has 0 saturated carbocycles. The molecule has 2 heteroatoms. The van der Waals surface area contributed by atoms with Crippen LogP contribution in [0.3, 0.4) is 0 Å². The van der Waals surface area contributed by atoms with E-state index in [1.54, 1.807) is 0 Å². The smallest absolute Gasteiger partial charge is 0.0991 e. The van der Waals surface area contributed by atoms with Crippen molar-refractivity contribution < 1.29 is 0 Å². The quantitative estimate of drug-likeness (QED) is 0.218. The summed E-state index contributed by atoms with van der Waals surface area (Å²) in [5.41, 5.74) is 13.8. The summed E-state index contributed by atoms with van der Waals surface area (Å²) < 4.78 is 2.40. The van der Waals surface area contributed by atoms with E-state index in [4.69, 9.17) is 0 Å². The number of nitriles is 1. The Morgan fingerprint density at radius 2 is 1.10 bits per heavy atom. The largest absolute Gasteiger partial charge is 0.309 e. The molecule has 2 aliphatic rings. The van der Waals surface area contributed by atoms with E-state index < -0.39 is 5.41 Å². The average Bonchev–Trinajstić information content (AvgIpc) is 3.61. The van der Waals surface area contributed by atoms with E-state index in [0.717, 1.165) is 5.69 Å². The Balaban J connectivity index is 1.50. The van der Waals surface area contributed by atoms with E-state index in [1.807, 2.05) is 6.07 Å². The van der Waals surface area contributed by atoms with Gasteiger partial charge in [0.1, 0.15) is 0 Å². The maximum Gasteiger partial charge on any atom is 0.0991 e. The minimum atomic E-state index is -0.489. The lowest BCUT2D eigenvalue weighted by molar-refractivity contribution is 0.794. The number of para-hydroxylation sites is 2. The number of nitrogens with zero attached hydrogens (tertiary/aromatic N) is 2. The molecule has 0 aliphatic heterocycles. The second-order valence-electron chi connectivity index (χ2n) is 10.8. The Kier molecular flexibility index (Phi) is 4.09. The van der Waals surface area contributed by atoms with Crippen molar-refractivity contribution in [2.75, 3.05) is 0 Å². The van der Waals surface area contributed by atoms with Crippen molar-refractivity contribution in [3.8, 4) is 34.0 Å². The first-order chi connectivity index (χ1) is 19.8. The van der Waals surface area contributed by atoms with Crippen molar-refractivity contribution >= 4 is 21.8 Å². The van der Waals surface area contributed by atoms with E-state index >= 15 is 0 Å². The van der Waals surface area contributed by atoms with Crippen molar-refractivity contribution in [1.29, 1.82) is 5.26 Å². The van der Waals surface area contributed by atoms with Gasteiger partial charge in [-0.1, -0.05) is 91.0 Å². The fourth-order valence-corrected chi connectivity index (χ4v) is 7.52. The van der Waals surface area contributed by atoms with E-state index in [2.05, 4.69) is 138 Å². The SMILES string of the molecule is N#Cc1ccc2c(c1)C1(c3ccccc3-2)c2ccccc2-c2cc3c4ccccc4n(-c4ccccc4)c3cc21. The zero-order valence-electron chi connectivity index (χ0n) is 21.6. The summed E-state index contributed by atoms with van der Waals surface area (Å²) in [4.78, 5) is 0. The molecule has 0 radical (unpaired) electrons. The molecule has 1 heterocycles. The first kappa shape index (κ1) is 21.5. The normalized spacial score (nSPS) is 16.1. The van der Waals surface area contributed by atoms with Crippen LogP contribution in [0.5, 0.6) is 0 Å². The van der Waals surface area contributed by atoms with Gasteiger partial charge in [0.25, 0.3) is 0 Å². The van der Waals surface area contributed by atoms with Gasteiger partial charge in [0.05, 0.1) is 28.1 Å². The lowest BCUT2D eigenvalue weighted by Crippen LogP contribution is -2.26. The molecule has 184 valence electrons. The molecule has 0 N–H and O–H groups in total. The van der Waals surface area contributed by atoms with Crippen LogP contribution in [-0.2, 0) is 5.41 Å². The standard InChI is InChI=1S/C38H22N2/c39-23-24-18-19-28-26-12-4-7-15-32(26)38(34(28)20-24)33-16-8-5-13-27(33)30-21-31-29-14-6-9-17-36(29)40(37(31)22-35(30)38)25-10-2-1-3-11-25/h1-22H. The fourth-order valence-electron chi connectivity index (χ4n) is 7.52. The summed E-state index contributed by atoms with van der Waals surface area (Å²) in [6.07, 6.45) is 0. The Morgan fingerprint density at radius 3 is 1.88 bits per heavy atom. The Bertz CT molecular complexity index is 2230. The van der Waals surface area contributed by atoms with Gasteiger partial charge in [0, 0.05) is 16.5 Å². The number of benzene rings is 6. The van der Waals surface area contributed by atoms with Crippen LogP contribution in [0.1, 0.15) is 27.8 Å². The summed E-state index contributed by atoms with van der Waals surface area (Å²) >= 11 is 0. The van der Waals surface area contributed by atoms with Gasteiger partial charge in [0.15, 0.2) is 0 Å². The maximum atomic E-state index is 9.94. The van der Waals surface area contributed by atoms with E-state index in [1.165, 1.54) is 66.3 Å². The number of hydrogen-bond acceptors (Lipinski definition) is 1. The monoisotopic (exact) mass is 506 g/mol. The predicted molar refractivity (Wildman–Crippen MR) is 162 cm³/mol. The third kappa shape index (κ3) is 2.48. The molecule has 0 fully saturated rings. The summed E-state index contributed by atoms with van der Waals surface area (Å²) in [6.45, 7) is 0. The molecule has 1 aromatic heterocycles. The molecular formula is C38H22N2. The van der Waals surface area contributed by atoms with Gasteiger partial charge in [-0.15, -0.1) is 0 Å². The minimum Gasteiger partial charge on any atom is -0.309 e. The molecule has 7 aromatic rings. The highest BCUT2D eigenvalue weighted by Gasteiger charge is 2.52. The second kappa shape index (κ2) is 7.59. The summed E-state index contributed by atoms with van der Waals surface area (Å²) in [7, 11) is 0. The van der Waals surface area contributed by atoms with Crippen LogP contribution in [0, 0.1) is 11.3 Å². The number of rotatable bonds is 1. The molecule has 1 atom stereocenters. The Morgan fingerprint density at radius 1 is 0.475 bits per heavy atom. The molecule has 0 amide bonds. The molecule has 0 saturated heterocycles. The highest BCUT2D eigenvalue weighted by atomic mass is 15.0. The number of hydrogen-bond donors (Lipinski definition) is 0. The average molecular weight is 507 g/mol. The van der Waals surface area contributed by atoms with Crippen molar-refractivity contribution in [2.45, 2.75) is 5.41 Å². The molecule has 9 rings (SSSR count). The van der Waals surface area contributed by atoms with Gasteiger partial charge in [-0.3, -0.25) is 0 Å². The molecule has 2 aliphatic carbocycles. The zero-order valence-corrected chi connectivity index (χ0v) is 21.6. The van der Waals surface area contributed by atoms with Crippen LogP contribution in [0.15, 0.2) is 133 Å². The van der Waals surface area contributed by atoms with Crippen molar-refractivity contribution in [1.82, 2.24) is 4.57 Å². The molecule has 0 bridgehead atoms. The fraction of sp³-hybridized carbons (Fsp3) is 0.0263. The summed E-state index contributed by atoms with van der Waals surface area (Å²) in [6, 6.07) is 50.5. The van der Waals surface area contributed by atoms with Crippen LogP contribution in [-0.4, -0.2) is 4.57 Å². The van der Waals surface area contributed by atoms with Gasteiger partial charge in [0.2, 0.25) is 0 Å². The zero-order chi connectivity index (χ0) is 26.4. The Hall–Kier alpha value is -5.39. The van der Waals surface area contributed by atoms with Crippen LogP contribution < -0.4 is 0 Å². The van der Waals surface area contributed by atoms with E-state index in [0.29, 0.717) is 5.56 Å². The van der Waals surface area contributed by atoms with Crippen molar-refractivity contribution in [2.24, 2.45) is 0 Å². The first-order valence-corrected chi connectivity index (χ1v) is 13.7. The van der Waals surface area contributed by atoms with Gasteiger partial charge < -0.3 is 4.57 Å². The third-order valence-corrected chi connectivity index (χ3v) is 9.03. The topological polar surface area (TPSA) is 28.7 Å². The van der Waals surface area contributed by atoms with Crippen molar-refractivity contribution in [3.05, 3.63) is 161 Å². The van der Waals surface area contributed by atoms with Gasteiger partial charge in [-0.25, -0.2) is 0 Å². The lowest BCUT2D eigenvalue weighted by atomic mass is 9.70. The predicted octanol–water partition coefficient (Wildman–Crippen LogP) is 9.00. The molecule has 2 nitrogen and oxygen atoms in total. The minimum absolute atomic E-state index is 0.489. The number of fused-ring (bicyclic) bond motifs is 13. The summed E-state index contributed by atoms with van der Waals surface area (Å²) in [5, 5.41) is 12.4. The second-order valence-corrected chi connectivity index (χ2v) is 10.8. The van der Waals surface area contributed by atoms with Gasteiger partial charge >= 0.3 is 0 Å². The lowest BCUT2D eigenvalue weighted by Gasteiger charge is -2.30. The van der Waals surface area contributed by atoms with Gasteiger partial charge in [-0.2, -0.15) is 5.26 Å². The van der Waals surface area contributed by atoms with Crippen LogP contribution in [0.4, 0.5) is 0 Å². The van der Waals surface area contributed by atoms with Crippen LogP contribution >= 0.6 is 0 Å². The highest BCUT2D eigenvalue weighted by molar-refractivity contribution is 6.12.